The summed E-state index contributed by atoms with van der Waals surface area (Å²) in [6.07, 6.45) is 2.83. The first-order valence-corrected chi connectivity index (χ1v) is 4.56. The largest absolute Gasteiger partial charge is 0.478 e. The van der Waals surface area contributed by atoms with Gasteiger partial charge in [0.2, 0.25) is 5.91 Å². The van der Waals surface area contributed by atoms with E-state index in [2.05, 4.69) is 15.3 Å². The van der Waals surface area contributed by atoms with Gasteiger partial charge in [0.05, 0.1) is 11.1 Å². The first-order chi connectivity index (χ1) is 7.59. The summed E-state index contributed by atoms with van der Waals surface area (Å²) in [4.78, 5) is 28.6. The van der Waals surface area contributed by atoms with E-state index >= 15 is 0 Å². The summed E-state index contributed by atoms with van der Waals surface area (Å²) >= 11 is 0. The van der Waals surface area contributed by atoms with Gasteiger partial charge in [-0.2, -0.15) is 0 Å². The molecule has 0 fully saturated rings. The summed E-state index contributed by atoms with van der Waals surface area (Å²) < 4.78 is 0. The maximum absolute atomic E-state index is 10.9. The molecule has 3 N–H and O–H groups in total. The molecule has 2 rings (SSSR count). The maximum Gasteiger partial charge on any atom is 0.337 e. The molecule has 1 amide bonds. The zero-order valence-corrected chi connectivity index (χ0v) is 8.44. The number of carbonyl (C=O) groups is 2. The Bertz CT molecular complexity index is 574. The zero-order chi connectivity index (χ0) is 11.7. The molecule has 0 radical (unpaired) electrons. The lowest BCUT2D eigenvalue weighted by Gasteiger charge is -2.04. The molecule has 0 spiro atoms. The molecule has 0 unspecified atom stereocenters. The minimum Gasteiger partial charge on any atom is -0.478 e. The Morgan fingerprint density at radius 1 is 1.50 bits per heavy atom. The normalized spacial score (nSPS) is 10.3. The minimum absolute atomic E-state index is 0.102. The third-order valence-electron chi connectivity index (χ3n) is 2.12. The Kier molecular flexibility index (Phi) is 2.32. The number of carboxylic acids is 1. The Balaban J connectivity index is 2.63. The fraction of sp³-hybridized carbons (Fsp3) is 0.100. The van der Waals surface area contributed by atoms with Gasteiger partial charge in [0.15, 0.2) is 5.82 Å². The lowest BCUT2D eigenvalue weighted by Crippen LogP contribution is -2.09. The molecule has 0 atom stereocenters. The van der Waals surface area contributed by atoms with E-state index in [0.717, 1.165) is 0 Å². The molecule has 0 bridgehead atoms. The number of fused-ring (bicyclic) bond motifs is 1. The SMILES string of the molecule is CC(=O)Nc1ncc(C(=O)O)c2cc[nH]c12. The highest BCUT2D eigenvalue weighted by molar-refractivity contribution is 6.07. The molecule has 0 saturated heterocycles. The van der Waals surface area contributed by atoms with Crippen LogP contribution >= 0.6 is 0 Å². The van der Waals surface area contributed by atoms with Crippen LogP contribution in [0.25, 0.3) is 10.9 Å². The Labute approximate surface area is 90.3 Å². The van der Waals surface area contributed by atoms with Crippen molar-refractivity contribution in [3.05, 3.63) is 24.0 Å². The van der Waals surface area contributed by atoms with Crippen LogP contribution in [0.15, 0.2) is 18.5 Å². The molecule has 6 nitrogen and oxygen atoms in total. The molecular formula is C10H9N3O3. The summed E-state index contributed by atoms with van der Waals surface area (Å²) in [5.41, 5.74) is 0.612. The van der Waals surface area contributed by atoms with Crippen molar-refractivity contribution < 1.29 is 14.7 Å². The van der Waals surface area contributed by atoms with E-state index in [1.165, 1.54) is 13.1 Å². The Hall–Kier alpha value is -2.37. The zero-order valence-electron chi connectivity index (χ0n) is 8.44. The molecule has 6 heteroatoms. The van der Waals surface area contributed by atoms with Crippen molar-refractivity contribution >= 4 is 28.6 Å². The number of nitrogens with one attached hydrogen (secondary N) is 2. The van der Waals surface area contributed by atoms with E-state index in [1.54, 1.807) is 12.3 Å². The molecule has 82 valence electrons. The summed E-state index contributed by atoms with van der Waals surface area (Å²) in [5, 5.41) is 12.0. The van der Waals surface area contributed by atoms with Crippen LogP contribution in [-0.2, 0) is 4.79 Å². The van der Waals surface area contributed by atoms with E-state index in [9.17, 15) is 9.59 Å². The van der Waals surface area contributed by atoms with Crippen molar-refractivity contribution in [2.24, 2.45) is 0 Å². The van der Waals surface area contributed by atoms with Gasteiger partial charge in [-0.3, -0.25) is 4.79 Å². The van der Waals surface area contributed by atoms with Gasteiger partial charge < -0.3 is 15.4 Å². The number of pyridine rings is 1. The third-order valence-corrected chi connectivity index (χ3v) is 2.12. The van der Waals surface area contributed by atoms with Gasteiger partial charge in [0.1, 0.15) is 0 Å². The van der Waals surface area contributed by atoms with Crippen molar-refractivity contribution in [1.82, 2.24) is 9.97 Å². The van der Waals surface area contributed by atoms with E-state index in [4.69, 9.17) is 5.11 Å². The van der Waals surface area contributed by atoms with Crippen molar-refractivity contribution in [2.75, 3.05) is 5.32 Å². The standard InChI is InChI=1S/C10H9N3O3/c1-5(14)13-9-8-6(2-3-11-8)7(4-12-9)10(15)16/h2-4,11H,1H3,(H,15,16)(H,12,13,14). The second-order valence-electron chi connectivity index (χ2n) is 3.27. The predicted molar refractivity (Wildman–Crippen MR) is 57.4 cm³/mol. The van der Waals surface area contributed by atoms with Crippen LogP contribution in [0.4, 0.5) is 5.82 Å². The maximum atomic E-state index is 10.9. The summed E-state index contributed by atoms with van der Waals surface area (Å²) in [7, 11) is 0. The van der Waals surface area contributed by atoms with Gasteiger partial charge in [-0.15, -0.1) is 0 Å². The molecule has 0 aliphatic rings. The van der Waals surface area contributed by atoms with Gasteiger partial charge >= 0.3 is 5.97 Å². The first kappa shape index (κ1) is 10.2. The van der Waals surface area contributed by atoms with Crippen molar-refractivity contribution in [1.29, 1.82) is 0 Å². The highest BCUT2D eigenvalue weighted by atomic mass is 16.4. The second kappa shape index (κ2) is 3.65. The van der Waals surface area contributed by atoms with Crippen molar-refractivity contribution in [3.63, 3.8) is 0 Å². The fourth-order valence-electron chi connectivity index (χ4n) is 1.48. The van der Waals surface area contributed by atoms with E-state index in [1.807, 2.05) is 0 Å². The van der Waals surface area contributed by atoms with Crippen LogP contribution < -0.4 is 5.32 Å². The number of carbonyl (C=O) groups excluding carboxylic acids is 1. The molecule has 16 heavy (non-hydrogen) atoms. The average Bonchev–Trinajstić information content (AvgIpc) is 2.65. The van der Waals surface area contributed by atoms with Crippen LogP contribution in [-0.4, -0.2) is 27.0 Å². The molecule has 0 aliphatic carbocycles. The van der Waals surface area contributed by atoms with Crippen molar-refractivity contribution in [2.45, 2.75) is 6.92 Å². The van der Waals surface area contributed by atoms with E-state index in [-0.39, 0.29) is 11.5 Å². The number of hydrogen-bond acceptors (Lipinski definition) is 3. The predicted octanol–water partition coefficient (Wildman–Crippen LogP) is 1.22. The quantitative estimate of drug-likeness (QED) is 0.707. The van der Waals surface area contributed by atoms with Gasteiger partial charge in [-0.1, -0.05) is 0 Å². The number of hydrogen-bond donors (Lipinski definition) is 3. The lowest BCUT2D eigenvalue weighted by atomic mass is 10.2. The number of H-pyrrole nitrogens is 1. The van der Waals surface area contributed by atoms with E-state index in [0.29, 0.717) is 16.7 Å². The van der Waals surface area contributed by atoms with Crippen LogP contribution in [0.5, 0.6) is 0 Å². The first-order valence-electron chi connectivity index (χ1n) is 4.56. The molecule has 0 aromatic carbocycles. The minimum atomic E-state index is -1.05. The van der Waals surface area contributed by atoms with Crippen molar-refractivity contribution in [3.8, 4) is 0 Å². The number of nitrogens with zero attached hydrogens (tertiary/aromatic N) is 1. The van der Waals surface area contributed by atoms with E-state index < -0.39 is 5.97 Å². The van der Waals surface area contributed by atoms with Gasteiger partial charge in [0, 0.05) is 24.7 Å². The summed E-state index contributed by atoms with van der Waals surface area (Å²) in [6.45, 7) is 1.36. The number of aromatic carboxylic acids is 1. The smallest absolute Gasteiger partial charge is 0.337 e. The topological polar surface area (TPSA) is 95.1 Å². The number of amides is 1. The lowest BCUT2D eigenvalue weighted by molar-refractivity contribution is -0.114. The highest BCUT2D eigenvalue weighted by Crippen LogP contribution is 2.23. The number of carboxylic acid groups (broad SMARTS) is 1. The molecule has 0 saturated carbocycles. The number of aromatic amines is 1. The molecule has 0 aliphatic heterocycles. The Morgan fingerprint density at radius 3 is 2.88 bits per heavy atom. The second-order valence-corrected chi connectivity index (χ2v) is 3.27. The monoisotopic (exact) mass is 219 g/mol. The Morgan fingerprint density at radius 2 is 2.25 bits per heavy atom. The highest BCUT2D eigenvalue weighted by Gasteiger charge is 2.13. The number of aromatic nitrogens is 2. The molecule has 2 aromatic rings. The van der Waals surface area contributed by atoms with Crippen LogP contribution in [0.1, 0.15) is 17.3 Å². The molecule has 2 aromatic heterocycles. The van der Waals surface area contributed by atoms with Crippen LogP contribution in [0.2, 0.25) is 0 Å². The van der Waals surface area contributed by atoms with Crippen LogP contribution in [0.3, 0.4) is 0 Å². The number of rotatable bonds is 2. The number of anilines is 1. The van der Waals surface area contributed by atoms with Gasteiger partial charge in [-0.05, 0) is 6.07 Å². The van der Waals surface area contributed by atoms with Gasteiger partial charge in [-0.25, -0.2) is 9.78 Å². The third kappa shape index (κ3) is 1.60. The molecule has 2 heterocycles. The van der Waals surface area contributed by atoms with Crippen LogP contribution in [0, 0.1) is 0 Å². The summed E-state index contributed by atoms with van der Waals surface area (Å²) in [6, 6.07) is 1.63. The average molecular weight is 219 g/mol. The molecular weight excluding hydrogens is 210 g/mol. The fourth-order valence-corrected chi connectivity index (χ4v) is 1.48. The summed E-state index contributed by atoms with van der Waals surface area (Å²) in [5.74, 6) is -0.976. The van der Waals surface area contributed by atoms with Gasteiger partial charge in [0.25, 0.3) is 0 Å².